The van der Waals surface area contributed by atoms with E-state index in [9.17, 15) is 22.8 Å². The molecule has 0 aliphatic carbocycles. The molecule has 0 amide bonds. The van der Waals surface area contributed by atoms with Crippen molar-refractivity contribution in [1.82, 2.24) is 16.0 Å². The van der Waals surface area contributed by atoms with Crippen molar-refractivity contribution in [3.63, 3.8) is 0 Å². The van der Waals surface area contributed by atoms with Gasteiger partial charge in [0.05, 0.1) is 62.1 Å². The van der Waals surface area contributed by atoms with Crippen LogP contribution in [0.2, 0.25) is 0 Å². The van der Waals surface area contributed by atoms with Crippen LogP contribution in [0.1, 0.15) is 94.4 Å². The molecule has 0 fully saturated rings. The van der Waals surface area contributed by atoms with Gasteiger partial charge in [0.25, 0.3) is 10.1 Å². The molecule has 0 aromatic carbocycles. The van der Waals surface area contributed by atoms with Crippen molar-refractivity contribution in [2.75, 3.05) is 72.1 Å². The fraction of sp³-hybridized carbons (Fsp3) is 0.909. The summed E-state index contributed by atoms with van der Waals surface area (Å²) in [5, 5.41) is 9.33. The molecule has 13 nitrogen and oxygen atoms in total. The number of ether oxygens (including phenoxy) is 4. The molecule has 3 unspecified atom stereocenters. The second-order valence-electron chi connectivity index (χ2n) is 13.8. The van der Waals surface area contributed by atoms with Crippen LogP contribution in [-0.2, 0) is 43.4 Å². The average Bonchev–Trinajstić information content (AvgIpc) is 2.98. The zero-order valence-corrected chi connectivity index (χ0v) is 31.5. The number of Topliss-reactive ketones (excluding diaryl/α,β-unsaturated/α-hetero) is 3. The van der Waals surface area contributed by atoms with E-state index in [1.54, 1.807) is 14.0 Å². The zero-order valence-electron chi connectivity index (χ0n) is 30.7. The lowest BCUT2D eigenvalue weighted by Crippen LogP contribution is -2.51. The van der Waals surface area contributed by atoms with E-state index in [2.05, 4.69) is 16.0 Å². The van der Waals surface area contributed by atoms with Crippen LogP contribution in [0.5, 0.6) is 0 Å². The van der Waals surface area contributed by atoms with Crippen LogP contribution < -0.4 is 16.0 Å². The van der Waals surface area contributed by atoms with Crippen molar-refractivity contribution < 1.29 is 46.3 Å². The second-order valence-corrected chi connectivity index (χ2v) is 15.3. The maximum atomic E-state index is 12.9. The van der Waals surface area contributed by atoms with Gasteiger partial charge in [-0.2, -0.15) is 8.42 Å². The highest BCUT2D eigenvalue weighted by Crippen LogP contribution is 2.31. The Morgan fingerprint density at radius 2 is 1.26 bits per heavy atom. The van der Waals surface area contributed by atoms with Gasteiger partial charge < -0.3 is 34.9 Å². The normalized spacial score (nSPS) is 16.0. The average molecular weight is 696 g/mol. The molecule has 0 bridgehead atoms. The standard InChI is InChI=1S/C33H65N3O10S/c1-11-32(8,28(38)14-13-27(34-10)24-47(40,41)42)35-15-17-43-19-20-45-23-29(39)33(9,12-2)36-16-18-44-21-22-46-31(6,7)25-30(4,5)26(3)37/h27,34-36H,11-25H2,1-10H3,(H,40,41,42). The lowest BCUT2D eigenvalue weighted by atomic mass is 9.79. The number of carbonyl (C=O) groups is 3. The molecule has 0 aromatic heterocycles. The molecule has 278 valence electrons. The van der Waals surface area contributed by atoms with E-state index in [0.29, 0.717) is 65.4 Å². The summed E-state index contributed by atoms with van der Waals surface area (Å²) in [6.45, 7) is 19.9. The van der Waals surface area contributed by atoms with Gasteiger partial charge in [0.2, 0.25) is 0 Å². The molecule has 0 saturated heterocycles. The number of hydrogen-bond acceptors (Lipinski definition) is 12. The molecule has 0 radical (unpaired) electrons. The first-order valence-corrected chi connectivity index (χ1v) is 18.3. The van der Waals surface area contributed by atoms with E-state index < -0.39 is 44.0 Å². The third-order valence-corrected chi connectivity index (χ3v) is 9.68. The van der Waals surface area contributed by atoms with E-state index in [1.165, 1.54) is 0 Å². The first-order valence-electron chi connectivity index (χ1n) is 16.7. The Hall–Kier alpha value is -1.36. The molecule has 0 saturated carbocycles. The number of nitrogens with one attached hydrogen (secondary N) is 3. The van der Waals surface area contributed by atoms with Crippen LogP contribution in [0.25, 0.3) is 0 Å². The van der Waals surface area contributed by atoms with Gasteiger partial charge in [-0.15, -0.1) is 0 Å². The molecular formula is C33H65N3O10S. The summed E-state index contributed by atoms with van der Waals surface area (Å²) >= 11 is 0. The lowest BCUT2D eigenvalue weighted by molar-refractivity contribution is -0.130. The van der Waals surface area contributed by atoms with Gasteiger partial charge in [-0.3, -0.25) is 18.9 Å². The highest BCUT2D eigenvalue weighted by molar-refractivity contribution is 7.85. The topological polar surface area (TPSA) is 179 Å². The third-order valence-electron chi connectivity index (χ3n) is 8.85. The number of hydrogen-bond donors (Lipinski definition) is 4. The lowest BCUT2D eigenvalue weighted by Gasteiger charge is -2.33. The first-order chi connectivity index (χ1) is 21.7. The predicted molar refractivity (Wildman–Crippen MR) is 183 cm³/mol. The highest BCUT2D eigenvalue weighted by Gasteiger charge is 2.33. The summed E-state index contributed by atoms with van der Waals surface area (Å²) in [7, 11) is -2.54. The molecular weight excluding hydrogens is 630 g/mol. The molecule has 0 rings (SSSR count). The maximum absolute atomic E-state index is 12.9. The Balaban J connectivity index is 4.27. The third kappa shape index (κ3) is 19.4. The Kier molecular flexibility index (Phi) is 21.0. The van der Waals surface area contributed by atoms with E-state index in [1.807, 2.05) is 55.4 Å². The van der Waals surface area contributed by atoms with Crippen LogP contribution in [0, 0.1) is 5.41 Å². The molecule has 47 heavy (non-hydrogen) atoms. The monoisotopic (exact) mass is 695 g/mol. The van der Waals surface area contributed by atoms with Crippen molar-refractivity contribution in [2.45, 2.75) is 117 Å². The van der Waals surface area contributed by atoms with Gasteiger partial charge in [-0.05, 0) is 67.3 Å². The van der Waals surface area contributed by atoms with Gasteiger partial charge >= 0.3 is 0 Å². The highest BCUT2D eigenvalue weighted by atomic mass is 32.2. The molecule has 14 heteroatoms. The predicted octanol–water partition coefficient (Wildman–Crippen LogP) is 2.75. The summed E-state index contributed by atoms with van der Waals surface area (Å²) in [5.41, 5.74) is -2.43. The molecule has 0 aliphatic rings. The molecule has 0 spiro atoms. The number of carbonyl (C=O) groups excluding carboxylic acids is 3. The molecule has 0 aliphatic heterocycles. The Morgan fingerprint density at radius 1 is 0.766 bits per heavy atom. The minimum absolute atomic E-state index is 0.0451. The van der Waals surface area contributed by atoms with Gasteiger partial charge in [-0.25, -0.2) is 0 Å². The van der Waals surface area contributed by atoms with Gasteiger partial charge in [0.15, 0.2) is 11.6 Å². The smallest absolute Gasteiger partial charge is 0.266 e. The first kappa shape index (κ1) is 45.6. The molecule has 3 atom stereocenters. The largest absolute Gasteiger partial charge is 0.378 e. The van der Waals surface area contributed by atoms with Crippen molar-refractivity contribution in [3.8, 4) is 0 Å². The second kappa shape index (κ2) is 21.7. The maximum Gasteiger partial charge on any atom is 0.266 e. The van der Waals surface area contributed by atoms with Crippen LogP contribution in [0.15, 0.2) is 0 Å². The van der Waals surface area contributed by atoms with E-state index in [-0.39, 0.29) is 43.4 Å². The zero-order chi connectivity index (χ0) is 36.4. The summed E-state index contributed by atoms with van der Waals surface area (Å²) in [6, 6.07) is -0.516. The minimum atomic E-state index is -4.13. The molecule has 0 heterocycles. The molecule has 0 aromatic rings. The van der Waals surface area contributed by atoms with Crippen LogP contribution in [-0.4, -0.2) is 125 Å². The quantitative estimate of drug-likeness (QED) is 0.0638. The van der Waals surface area contributed by atoms with Crippen molar-refractivity contribution >= 4 is 27.5 Å². The summed E-state index contributed by atoms with van der Waals surface area (Å²) < 4.78 is 54.2. The van der Waals surface area contributed by atoms with Gasteiger partial charge in [-0.1, -0.05) is 27.7 Å². The Morgan fingerprint density at radius 3 is 1.72 bits per heavy atom. The molecule has 4 N–H and O–H groups in total. The van der Waals surface area contributed by atoms with Crippen LogP contribution in [0.4, 0.5) is 0 Å². The fourth-order valence-corrected chi connectivity index (χ4v) is 5.89. The number of ketones is 3. The van der Waals surface area contributed by atoms with Crippen LogP contribution in [0.3, 0.4) is 0 Å². The van der Waals surface area contributed by atoms with Gasteiger partial charge in [0.1, 0.15) is 12.4 Å². The number of rotatable bonds is 30. The van der Waals surface area contributed by atoms with Crippen molar-refractivity contribution in [1.29, 1.82) is 0 Å². The van der Waals surface area contributed by atoms with E-state index in [4.69, 9.17) is 23.5 Å². The fourth-order valence-electron chi connectivity index (χ4n) is 5.05. The minimum Gasteiger partial charge on any atom is -0.378 e. The summed E-state index contributed by atoms with van der Waals surface area (Å²) in [6.07, 6.45) is 2.20. The Labute approximate surface area is 284 Å². The summed E-state index contributed by atoms with van der Waals surface area (Å²) in [5.74, 6) is -0.418. The van der Waals surface area contributed by atoms with Gasteiger partial charge in [0, 0.05) is 31.0 Å². The van der Waals surface area contributed by atoms with Crippen molar-refractivity contribution in [3.05, 3.63) is 0 Å². The SMILES string of the molecule is CCC(C)(NCCOCCOCC(=O)C(C)(CC)NCCOCCOC(C)(C)CC(C)(C)C(C)=O)C(=O)CCC(CS(=O)(=O)O)NC. The summed E-state index contributed by atoms with van der Waals surface area (Å²) in [4.78, 5) is 37.5. The van der Waals surface area contributed by atoms with E-state index >= 15 is 0 Å². The van der Waals surface area contributed by atoms with Crippen molar-refractivity contribution in [2.24, 2.45) is 5.41 Å². The Bertz CT molecular complexity index is 1050. The van der Waals surface area contributed by atoms with E-state index in [0.717, 1.165) is 0 Å². The van der Waals surface area contributed by atoms with Crippen LogP contribution >= 0.6 is 0 Å².